The molecule has 1 aliphatic heterocycles. The van der Waals surface area contributed by atoms with Crippen molar-refractivity contribution in [2.45, 2.75) is 81.8 Å². The van der Waals surface area contributed by atoms with Gasteiger partial charge in [-0.25, -0.2) is 0 Å². The van der Waals surface area contributed by atoms with Gasteiger partial charge in [0.2, 0.25) is 5.91 Å². The molecule has 0 radical (unpaired) electrons. The topological polar surface area (TPSA) is 78.4 Å². The highest BCUT2D eigenvalue weighted by Gasteiger charge is 2.42. The maximum absolute atomic E-state index is 12.5. The molecule has 3 atom stereocenters. The minimum Gasteiger partial charge on any atom is -0.481 e. The van der Waals surface area contributed by atoms with E-state index in [0.717, 1.165) is 38.0 Å². The number of carbonyl (C=O) groups excluding carboxylic acids is 1. The van der Waals surface area contributed by atoms with Gasteiger partial charge in [-0.1, -0.05) is 12.8 Å². The van der Waals surface area contributed by atoms with Crippen molar-refractivity contribution >= 4 is 11.9 Å². The van der Waals surface area contributed by atoms with Crippen LogP contribution in [-0.4, -0.2) is 34.6 Å². The molecular formula is C16H26N2O3. The van der Waals surface area contributed by atoms with Gasteiger partial charge in [0.1, 0.15) is 0 Å². The summed E-state index contributed by atoms with van der Waals surface area (Å²) in [6.45, 7) is 0. The Morgan fingerprint density at radius 1 is 1.10 bits per heavy atom. The summed E-state index contributed by atoms with van der Waals surface area (Å²) in [6, 6.07) is 0.357. The van der Waals surface area contributed by atoms with Crippen LogP contribution < -0.4 is 10.6 Å². The maximum Gasteiger partial charge on any atom is 0.305 e. The molecular weight excluding hydrogens is 268 g/mol. The third kappa shape index (κ3) is 3.23. The van der Waals surface area contributed by atoms with Crippen LogP contribution in [0.15, 0.2) is 0 Å². The summed E-state index contributed by atoms with van der Waals surface area (Å²) in [5, 5.41) is 15.6. The predicted molar refractivity (Wildman–Crippen MR) is 78.9 cm³/mol. The number of hydrogen-bond donors (Lipinski definition) is 3. The first-order chi connectivity index (χ1) is 10.1. The SMILES string of the molecule is O=C(O)CC1(NC(=O)C2CCC3CCCCC3N2)CCC1. The Labute approximate surface area is 125 Å². The number of piperidine rings is 1. The second kappa shape index (κ2) is 5.95. The van der Waals surface area contributed by atoms with Crippen LogP contribution in [0, 0.1) is 5.92 Å². The van der Waals surface area contributed by atoms with Crippen LogP contribution in [-0.2, 0) is 9.59 Å². The standard InChI is InChI=1S/C16H26N2O3/c19-14(20)10-16(8-3-9-16)18-15(21)13-7-6-11-4-1-2-5-12(11)17-13/h11-13,17H,1-10H2,(H,18,21)(H,19,20). The van der Waals surface area contributed by atoms with E-state index in [1.54, 1.807) is 0 Å². The zero-order chi connectivity index (χ0) is 14.9. The number of hydrogen-bond acceptors (Lipinski definition) is 3. The van der Waals surface area contributed by atoms with Crippen molar-refractivity contribution in [3.8, 4) is 0 Å². The lowest BCUT2D eigenvalue weighted by Gasteiger charge is -2.44. The van der Waals surface area contributed by atoms with Gasteiger partial charge in [-0.3, -0.25) is 9.59 Å². The molecule has 1 saturated heterocycles. The van der Waals surface area contributed by atoms with Crippen LogP contribution in [0.2, 0.25) is 0 Å². The normalized spacial score (nSPS) is 34.4. The van der Waals surface area contributed by atoms with E-state index in [1.807, 2.05) is 0 Å². The van der Waals surface area contributed by atoms with Crippen molar-refractivity contribution in [1.82, 2.24) is 10.6 Å². The van der Waals surface area contributed by atoms with E-state index in [0.29, 0.717) is 6.04 Å². The minimum atomic E-state index is -0.820. The van der Waals surface area contributed by atoms with Gasteiger partial charge in [0, 0.05) is 6.04 Å². The zero-order valence-electron chi connectivity index (χ0n) is 12.6. The first kappa shape index (κ1) is 14.8. The monoisotopic (exact) mass is 294 g/mol. The molecule has 3 rings (SSSR count). The van der Waals surface area contributed by atoms with Crippen LogP contribution in [0.4, 0.5) is 0 Å². The molecule has 5 nitrogen and oxygen atoms in total. The Bertz CT molecular complexity index is 420. The third-order valence-corrected chi connectivity index (χ3v) is 5.66. The molecule has 1 heterocycles. The van der Waals surface area contributed by atoms with Crippen LogP contribution in [0.3, 0.4) is 0 Å². The Hall–Kier alpha value is -1.10. The highest BCUT2D eigenvalue weighted by molar-refractivity contribution is 5.83. The molecule has 0 bridgehead atoms. The summed E-state index contributed by atoms with van der Waals surface area (Å²) < 4.78 is 0. The van der Waals surface area contributed by atoms with E-state index in [2.05, 4.69) is 10.6 Å². The molecule has 3 unspecified atom stereocenters. The first-order valence-electron chi connectivity index (χ1n) is 8.38. The highest BCUT2D eigenvalue weighted by atomic mass is 16.4. The van der Waals surface area contributed by atoms with Gasteiger partial charge >= 0.3 is 5.97 Å². The molecule has 3 fully saturated rings. The predicted octanol–water partition coefficient (Wildman–Crippen LogP) is 1.81. The van der Waals surface area contributed by atoms with E-state index in [1.165, 1.54) is 25.7 Å². The second-order valence-corrected chi connectivity index (χ2v) is 7.14. The van der Waals surface area contributed by atoms with E-state index >= 15 is 0 Å². The highest BCUT2D eigenvalue weighted by Crippen LogP contribution is 2.36. The van der Waals surface area contributed by atoms with Crippen LogP contribution in [0.5, 0.6) is 0 Å². The molecule has 3 aliphatic rings. The third-order valence-electron chi connectivity index (χ3n) is 5.66. The van der Waals surface area contributed by atoms with E-state index < -0.39 is 11.5 Å². The minimum absolute atomic E-state index is 0.0139. The number of carbonyl (C=O) groups is 2. The van der Waals surface area contributed by atoms with E-state index in [-0.39, 0.29) is 18.4 Å². The van der Waals surface area contributed by atoms with Gasteiger partial charge < -0.3 is 15.7 Å². The Kier molecular flexibility index (Phi) is 4.20. The van der Waals surface area contributed by atoms with Crippen molar-refractivity contribution in [3.05, 3.63) is 0 Å². The van der Waals surface area contributed by atoms with Crippen molar-refractivity contribution in [3.63, 3.8) is 0 Å². The van der Waals surface area contributed by atoms with Crippen LogP contribution in [0.1, 0.15) is 64.2 Å². The number of amides is 1. The van der Waals surface area contributed by atoms with E-state index in [4.69, 9.17) is 5.11 Å². The summed E-state index contributed by atoms with van der Waals surface area (Å²) in [4.78, 5) is 23.5. The summed E-state index contributed by atoms with van der Waals surface area (Å²) >= 11 is 0. The van der Waals surface area contributed by atoms with Crippen molar-refractivity contribution in [2.24, 2.45) is 5.92 Å². The molecule has 5 heteroatoms. The largest absolute Gasteiger partial charge is 0.481 e. The van der Waals surface area contributed by atoms with Gasteiger partial charge in [-0.15, -0.1) is 0 Å². The molecule has 2 aliphatic carbocycles. The maximum atomic E-state index is 12.5. The van der Waals surface area contributed by atoms with Gasteiger partial charge in [-0.05, 0) is 50.9 Å². The number of aliphatic carboxylic acids is 1. The molecule has 2 saturated carbocycles. The second-order valence-electron chi connectivity index (χ2n) is 7.14. The van der Waals surface area contributed by atoms with Gasteiger partial charge in [-0.2, -0.15) is 0 Å². The summed E-state index contributed by atoms with van der Waals surface area (Å²) in [5.74, 6) is -0.0709. The molecule has 0 aromatic heterocycles. The number of fused-ring (bicyclic) bond motifs is 1. The fourth-order valence-electron chi connectivity index (χ4n) is 4.29. The van der Waals surface area contributed by atoms with Crippen molar-refractivity contribution in [2.75, 3.05) is 0 Å². The lowest BCUT2D eigenvalue weighted by Crippen LogP contribution is -2.61. The summed E-state index contributed by atoms with van der Waals surface area (Å²) in [5.41, 5.74) is -0.478. The first-order valence-corrected chi connectivity index (χ1v) is 8.38. The zero-order valence-corrected chi connectivity index (χ0v) is 12.6. The average molecular weight is 294 g/mol. The molecule has 3 N–H and O–H groups in total. The van der Waals surface area contributed by atoms with Crippen molar-refractivity contribution in [1.29, 1.82) is 0 Å². The van der Waals surface area contributed by atoms with Gasteiger partial charge in [0.05, 0.1) is 18.0 Å². The summed E-state index contributed by atoms with van der Waals surface area (Å²) in [7, 11) is 0. The number of nitrogens with one attached hydrogen (secondary N) is 2. The fraction of sp³-hybridized carbons (Fsp3) is 0.875. The average Bonchev–Trinajstić information content (AvgIpc) is 2.43. The lowest BCUT2D eigenvalue weighted by molar-refractivity contribution is -0.140. The summed E-state index contributed by atoms with van der Waals surface area (Å²) in [6.07, 6.45) is 9.70. The van der Waals surface area contributed by atoms with Crippen LogP contribution in [0.25, 0.3) is 0 Å². The van der Waals surface area contributed by atoms with Gasteiger partial charge in [0.15, 0.2) is 0 Å². The Balaban J connectivity index is 1.56. The molecule has 0 aromatic rings. The quantitative estimate of drug-likeness (QED) is 0.739. The van der Waals surface area contributed by atoms with Crippen molar-refractivity contribution < 1.29 is 14.7 Å². The molecule has 21 heavy (non-hydrogen) atoms. The molecule has 118 valence electrons. The number of carboxylic acids is 1. The number of rotatable bonds is 4. The fourth-order valence-corrected chi connectivity index (χ4v) is 4.29. The Morgan fingerprint density at radius 3 is 2.52 bits per heavy atom. The van der Waals surface area contributed by atoms with E-state index in [9.17, 15) is 9.59 Å². The molecule has 0 spiro atoms. The number of carboxylic acid groups (broad SMARTS) is 1. The smallest absolute Gasteiger partial charge is 0.305 e. The molecule has 0 aromatic carbocycles. The van der Waals surface area contributed by atoms with Crippen LogP contribution >= 0.6 is 0 Å². The Morgan fingerprint density at radius 2 is 1.86 bits per heavy atom. The van der Waals surface area contributed by atoms with Gasteiger partial charge in [0.25, 0.3) is 0 Å². The molecule has 1 amide bonds. The lowest BCUT2D eigenvalue weighted by atomic mass is 9.73.